The van der Waals surface area contributed by atoms with Gasteiger partial charge in [-0.25, -0.2) is 4.79 Å². The van der Waals surface area contributed by atoms with Gasteiger partial charge in [0.15, 0.2) is 0 Å². The van der Waals surface area contributed by atoms with Crippen LogP contribution in [0.15, 0.2) is 18.2 Å². The molecule has 0 bridgehead atoms. The summed E-state index contributed by atoms with van der Waals surface area (Å²) < 4.78 is 5.52. The molecule has 1 aromatic rings. The molecule has 0 unspecified atom stereocenters. The lowest BCUT2D eigenvalue weighted by Gasteiger charge is -2.16. The molecular formula is C14H18ClNO2. The van der Waals surface area contributed by atoms with Crippen LogP contribution in [0.1, 0.15) is 48.9 Å². The third kappa shape index (κ3) is 3.16. The number of nitrogens with two attached hydrogens (primary N) is 1. The normalized spacial score (nSPS) is 17.2. The van der Waals surface area contributed by atoms with Crippen LogP contribution in [0.3, 0.4) is 0 Å². The first-order chi connectivity index (χ1) is 8.68. The van der Waals surface area contributed by atoms with Crippen LogP contribution in [0.4, 0.5) is 5.69 Å². The van der Waals surface area contributed by atoms with Gasteiger partial charge in [0.25, 0.3) is 0 Å². The molecule has 1 aliphatic carbocycles. The van der Waals surface area contributed by atoms with Crippen molar-refractivity contribution in [3.05, 3.63) is 28.8 Å². The molecule has 0 aliphatic heterocycles. The third-order valence-corrected chi connectivity index (χ3v) is 3.68. The number of para-hydroxylation sites is 1. The maximum absolute atomic E-state index is 12.0. The monoisotopic (exact) mass is 267 g/mol. The molecule has 98 valence electrons. The van der Waals surface area contributed by atoms with Gasteiger partial charge in [0.2, 0.25) is 0 Å². The molecule has 0 radical (unpaired) electrons. The summed E-state index contributed by atoms with van der Waals surface area (Å²) in [7, 11) is 0. The highest BCUT2D eigenvalue weighted by Gasteiger charge is 2.19. The van der Waals surface area contributed by atoms with E-state index >= 15 is 0 Å². The molecule has 2 rings (SSSR count). The molecular weight excluding hydrogens is 250 g/mol. The molecule has 1 aromatic carbocycles. The Morgan fingerprint density at radius 2 is 1.89 bits per heavy atom. The number of hydrogen-bond acceptors (Lipinski definition) is 3. The predicted molar refractivity (Wildman–Crippen MR) is 72.8 cm³/mol. The molecule has 1 saturated carbocycles. The second-order valence-electron chi connectivity index (χ2n) is 4.72. The van der Waals surface area contributed by atoms with E-state index in [2.05, 4.69) is 0 Å². The fourth-order valence-corrected chi connectivity index (χ4v) is 2.46. The van der Waals surface area contributed by atoms with Crippen molar-refractivity contribution in [2.75, 3.05) is 5.73 Å². The minimum absolute atomic E-state index is 0.0263. The van der Waals surface area contributed by atoms with Crippen LogP contribution < -0.4 is 5.73 Å². The summed E-state index contributed by atoms with van der Waals surface area (Å²) in [6.45, 7) is 0. The number of carbonyl (C=O) groups excluding carboxylic acids is 1. The smallest absolute Gasteiger partial charge is 0.340 e. The summed E-state index contributed by atoms with van der Waals surface area (Å²) in [6.07, 6.45) is 6.64. The zero-order valence-corrected chi connectivity index (χ0v) is 11.1. The summed E-state index contributed by atoms with van der Waals surface area (Å²) >= 11 is 5.89. The van der Waals surface area contributed by atoms with E-state index in [1.54, 1.807) is 18.2 Å². The largest absolute Gasteiger partial charge is 0.459 e. The molecule has 18 heavy (non-hydrogen) atoms. The standard InChI is InChI=1S/C14H18ClNO2/c15-12-9-5-8-11(13(12)16)14(17)18-10-6-3-1-2-4-7-10/h5,8-10H,1-4,6-7,16H2. The van der Waals surface area contributed by atoms with E-state index in [1.807, 2.05) is 0 Å². The Morgan fingerprint density at radius 1 is 1.22 bits per heavy atom. The predicted octanol–water partition coefficient (Wildman–Crippen LogP) is 3.80. The number of anilines is 1. The van der Waals surface area contributed by atoms with Crippen molar-refractivity contribution in [1.29, 1.82) is 0 Å². The number of ether oxygens (including phenoxy) is 1. The van der Waals surface area contributed by atoms with Crippen LogP contribution in [0, 0.1) is 0 Å². The van der Waals surface area contributed by atoms with Gasteiger partial charge in [-0.1, -0.05) is 30.5 Å². The van der Waals surface area contributed by atoms with Gasteiger partial charge in [0.05, 0.1) is 16.3 Å². The minimum atomic E-state index is -0.359. The Balaban J connectivity index is 2.04. The molecule has 1 aliphatic rings. The van der Waals surface area contributed by atoms with Crippen molar-refractivity contribution in [2.45, 2.75) is 44.6 Å². The first-order valence-corrected chi connectivity index (χ1v) is 6.81. The van der Waals surface area contributed by atoms with E-state index in [0.29, 0.717) is 16.3 Å². The fraction of sp³-hybridized carbons (Fsp3) is 0.500. The number of esters is 1. The zero-order valence-electron chi connectivity index (χ0n) is 10.3. The van der Waals surface area contributed by atoms with Crippen molar-refractivity contribution in [2.24, 2.45) is 0 Å². The lowest BCUT2D eigenvalue weighted by molar-refractivity contribution is 0.0268. The molecule has 0 aromatic heterocycles. The van der Waals surface area contributed by atoms with Gasteiger partial charge in [-0.15, -0.1) is 0 Å². The summed E-state index contributed by atoms with van der Waals surface area (Å²) in [6, 6.07) is 5.03. The SMILES string of the molecule is Nc1c(Cl)cccc1C(=O)OC1CCCCCC1. The molecule has 2 N–H and O–H groups in total. The van der Waals surface area contributed by atoms with E-state index in [0.717, 1.165) is 25.7 Å². The second kappa shape index (κ2) is 6.10. The number of hydrogen-bond donors (Lipinski definition) is 1. The summed E-state index contributed by atoms with van der Waals surface area (Å²) in [5.41, 5.74) is 6.46. The van der Waals surface area contributed by atoms with Crippen molar-refractivity contribution < 1.29 is 9.53 Å². The Bertz CT molecular complexity index is 426. The number of halogens is 1. The topological polar surface area (TPSA) is 52.3 Å². The van der Waals surface area contributed by atoms with Gasteiger partial charge in [0, 0.05) is 0 Å². The van der Waals surface area contributed by atoms with E-state index in [-0.39, 0.29) is 12.1 Å². The van der Waals surface area contributed by atoms with Crippen molar-refractivity contribution in [3.8, 4) is 0 Å². The van der Waals surface area contributed by atoms with Crippen LogP contribution >= 0.6 is 11.6 Å². The Kier molecular flexibility index (Phi) is 4.48. The van der Waals surface area contributed by atoms with Crippen LogP contribution in [-0.2, 0) is 4.74 Å². The summed E-state index contributed by atoms with van der Waals surface area (Å²) in [4.78, 5) is 12.0. The van der Waals surface area contributed by atoms with Crippen LogP contribution in [0.2, 0.25) is 5.02 Å². The molecule has 0 atom stereocenters. The Morgan fingerprint density at radius 3 is 2.56 bits per heavy atom. The van der Waals surface area contributed by atoms with Crippen molar-refractivity contribution in [3.63, 3.8) is 0 Å². The minimum Gasteiger partial charge on any atom is -0.459 e. The first kappa shape index (κ1) is 13.2. The lowest BCUT2D eigenvalue weighted by Crippen LogP contribution is -2.18. The zero-order chi connectivity index (χ0) is 13.0. The Labute approximate surface area is 112 Å². The molecule has 4 heteroatoms. The second-order valence-corrected chi connectivity index (χ2v) is 5.13. The number of carbonyl (C=O) groups is 1. The number of rotatable bonds is 2. The van der Waals surface area contributed by atoms with Gasteiger partial charge in [0.1, 0.15) is 6.10 Å². The number of nitrogen functional groups attached to an aromatic ring is 1. The third-order valence-electron chi connectivity index (χ3n) is 3.35. The fourth-order valence-electron chi connectivity index (χ4n) is 2.29. The molecule has 0 amide bonds. The van der Waals surface area contributed by atoms with Gasteiger partial charge >= 0.3 is 5.97 Å². The summed E-state index contributed by atoms with van der Waals surface area (Å²) in [5.74, 6) is -0.359. The average molecular weight is 268 g/mol. The molecule has 0 spiro atoms. The molecule has 0 heterocycles. The van der Waals surface area contributed by atoms with Crippen LogP contribution in [0.25, 0.3) is 0 Å². The molecule has 1 fully saturated rings. The maximum Gasteiger partial charge on any atom is 0.340 e. The highest BCUT2D eigenvalue weighted by Crippen LogP contribution is 2.25. The van der Waals surface area contributed by atoms with Crippen molar-refractivity contribution in [1.82, 2.24) is 0 Å². The molecule has 3 nitrogen and oxygen atoms in total. The van der Waals surface area contributed by atoms with E-state index in [4.69, 9.17) is 22.1 Å². The first-order valence-electron chi connectivity index (χ1n) is 6.43. The highest BCUT2D eigenvalue weighted by atomic mass is 35.5. The van der Waals surface area contributed by atoms with Gasteiger partial charge in [-0.05, 0) is 37.8 Å². The highest BCUT2D eigenvalue weighted by molar-refractivity contribution is 6.33. The number of benzene rings is 1. The van der Waals surface area contributed by atoms with Crippen LogP contribution in [-0.4, -0.2) is 12.1 Å². The maximum atomic E-state index is 12.0. The van der Waals surface area contributed by atoms with Gasteiger partial charge in [-0.2, -0.15) is 0 Å². The van der Waals surface area contributed by atoms with E-state index in [9.17, 15) is 4.79 Å². The van der Waals surface area contributed by atoms with Gasteiger partial charge < -0.3 is 10.5 Å². The van der Waals surface area contributed by atoms with E-state index in [1.165, 1.54) is 12.8 Å². The van der Waals surface area contributed by atoms with Crippen LogP contribution in [0.5, 0.6) is 0 Å². The quantitative estimate of drug-likeness (QED) is 0.504. The average Bonchev–Trinajstić information content (AvgIpc) is 2.61. The summed E-state index contributed by atoms with van der Waals surface area (Å²) in [5, 5.41) is 0.394. The Hall–Kier alpha value is -1.22. The molecule has 0 saturated heterocycles. The van der Waals surface area contributed by atoms with Crippen molar-refractivity contribution >= 4 is 23.3 Å². The van der Waals surface area contributed by atoms with Gasteiger partial charge in [-0.3, -0.25) is 0 Å². The lowest BCUT2D eigenvalue weighted by atomic mass is 10.1. The van der Waals surface area contributed by atoms with E-state index < -0.39 is 0 Å².